The molecule has 1 fully saturated rings. The number of aryl methyl sites for hydroxylation is 3. The molecule has 0 bridgehead atoms. The molecular formula is C15H18N4O2. The van der Waals surface area contributed by atoms with E-state index >= 15 is 0 Å². The quantitative estimate of drug-likeness (QED) is 0.844. The van der Waals surface area contributed by atoms with Gasteiger partial charge in [0, 0.05) is 30.9 Å². The van der Waals surface area contributed by atoms with E-state index in [2.05, 4.69) is 15.1 Å². The molecule has 1 unspecified atom stereocenters. The van der Waals surface area contributed by atoms with Crippen molar-refractivity contribution < 1.29 is 9.32 Å². The van der Waals surface area contributed by atoms with Gasteiger partial charge in [-0.25, -0.2) is 9.97 Å². The van der Waals surface area contributed by atoms with Crippen LogP contribution in [0.1, 0.15) is 45.7 Å². The first-order valence-corrected chi connectivity index (χ1v) is 7.08. The third-order valence-corrected chi connectivity index (χ3v) is 3.90. The summed E-state index contributed by atoms with van der Waals surface area (Å²) in [5, 5.41) is 3.85. The summed E-state index contributed by atoms with van der Waals surface area (Å²) in [5.41, 5.74) is 2.18. The Morgan fingerprint density at radius 3 is 2.86 bits per heavy atom. The number of hydrogen-bond donors (Lipinski definition) is 0. The molecule has 6 nitrogen and oxygen atoms in total. The fourth-order valence-electron chi connectivity index (χ4n) is 2.77. The second-order valence-corrected chi connectivity index (χ2v) is 5.49. The van der Waals surface area contributed by atoms with Crippen molar-refractivity contribution in [1.82, 2.24) is 20.0 Å². The molecule has 3 heterocycles. The molecule has 0 N–H and O–H groups in total. The van der Waals surface area contributed by atoms with Crippen LogP contribution in [-0.2, 0) is 0 Å². The van der Waals surface area contributed by atoms with Gasteiger partial charge in [0.05, 0.1) is 5.69 Å². The average Bonchev–Trinajstić information content (AvgIpc) is 3.06. The molecule has 2 aromatic rings. The van der Waals surface area contributed by atoms with Crippen molar-refractivity contribution in [3.05, 3.63) is 40.8 Å². The first-order chi connectivity index (χ1) is 10.1. The number of rotatable bonds is 2. The number of likely N-dealkylation sites (tertiary alicyclic amines) is 1. The Hall–Kier alpha value is -2.24. The summed E-state index contributed by atoms with van der Waals surface area (Å²) < 4.78 is 5.08. The Morgan fingerprint density at radius 2 is 2.19 bits per heavy atom. The van der Waals surface area contributed by atoms with Gasteiger partial charge in [0.25, 0.3) is 5.91 Å². The number of aromatic nitrogens is 3. The topological polar surface area (TPSA) is 72.1 Å². The number of hydrogen-bond acceptors (Lipinski definition) is 5. The lowest BCUT2D eigenvalue weighted by molar-refractivity contribution is 0.0788. The molecule has 0 aliphatic carbocycles. The smallest absolute Gasteiger partial charge is 0.259 e. The lowest BCUT2D eigenvalue weighted by atomic mass is 10.1. The highest BCUT2D eigenvalue weighted by Crippen LogP contribution is 2.27. The molecule has 0 aromatic carbocycles. The van der Waals surface area contributed by atoms with Gasteiger partial charge in [0.2, 0.25) is 0 Å². The van der Waals surface area contributed by atoms with Crippen LogP contribution < -0.4 is 0 Å². The predicted octanol–water partition coefficient (Wildman–Crippen LogP) is 2.02. The molecule has 3 rings (SSSR count). The Kier molecular flexibility index (Phi) is 3.45. The molecule has 2 aromatic heterocycles. The minimum atomic E-state index is -0.0126. The van der Waals surface area contributed by atoms with Gasteiger partial charge in [-0.05, 0) is 33.3 Å². The van der Waals surface area contributed by atoms with Crippen LogP contribution >= 0.6 is 0 Å². The zero-order chi connectivity index (χ0) is 15.0. The molecule has 1 aliphatic heterocycles. The Bertz CT molecular complexity index is 661. The number of nitrogens with zero attached hydrogens (tertiary/aromatic N) is 4. The normalized spacial score (nSPS) is 18.2. The standard InChI is InChI=1S/C15H18N4O2/c1-9-4-6-16-14(17-9)12-5-7-19(8-12)15(20)13-10(2)18-21-11(13)3/h4,6,12H,5,7-8H2,1-3H3. The largest absolute Gasteiger partial charge is 0.361 e. The lowest BCUT2D eigenvalue weighted by Gasteiger charge is -2.16. The summed E-state index contributed by atoms with van der Waals surface area (Å²) >= 11 is 0. The van der Waals surface area contributed by atoms with E-state index in [4.69, 9.17) is 4.52 Å². The molecular weight excluding hydrogens is 268 g/mol. The summed E-state index contributed by atoms with van der Waals surface area (Å²) in [7, 11) is 0. The maximum absolute atomic E-state index is 12.6. The molecule has 1 amide bonds. The van der Waals surface area contributed by atoms with Gasteiger partial charge in [-0.2, -0.15) is 0 Å². The van der Waals surface area contributed by atoms with Crippen LogP contribution in [0.25, 0.3) is 0 Å². The number of carbonyl (C=O) groups is 1. The van der Waals surface area contributed by atoms with Crippen LogP contribution in [0.5, 0.6) is 0 Å². The molecule has 21 heavy (non-hydrogen) atoms. The van der Waals surface area contributed by atoms with Crippen LogP contribution in [0.4, 0.5) is 0 Å². The lowest BCUT2D eigenvalue weighted by Crippen LogP contribution is -2.29. The summed E-state index contributed by atoms with van der Waals surface area (Å²) in [5.74, 6) is 1.59. The average molecular weight is 286 g/mol. The van der Waals surface area contributed by atoms with Crippen molar-refractivity contribution >= 4 is 5.91 Å². The van der Waals surface area contributed by atoms with E-state index in [1.807, 2.05) is 17.9 Å². The van der Waals surface area contributed by atoms with E-state index in [1.165, 1.54) is 0 Å². The fraction of sp³-hybridized carbons (Fsp3) is 0.467. The minimum Gasteiger partial charge on any atom is -0.361 e. The van der Waals surface area contributed by atoms with E-state index in [9.17, 15) is 4.79 Å². The molecule has 0 radical (unpaired) electrons. The summed E-state index contributed by atoms with van der Waals surface area (Å²) in [6.45, 7) is 6.87. The third kappa shape index (κ3) is 2.53. The molecule has 1 atom stereocenters. The van der Waals surface area contributed by atoms with E-state index < -0.39 is 0 Å². The first kappa shape index (κ1) is 13.7. The number of amides is 1. The molecule has 0 spiro atoms. The third-order valence-electron chi connectivity index (χ3n) is 3.90. The molecule has 0 saturated carbocycles. The zero-order valence-corrected chi connectivity index (χ0v) is 12.5. The van der Waals surface area contributed by atoms with Crippen molar-refractivity contribution in [3.8, 4) is 0 Å². The zero-order valence-electron chi connectivity index (χ0n) is 12.5. The Labute approximate surface area is 123 Å². The van der Waals surface area contributed by atoms with Gasteiger partial charge in [0.1, 0.15) is 17.1 Å². The Balaban J connectivity index is 1.77. The second kappa shape index (κ2) is 5.27. The minimum absolute atomic E-state index is 0.0126. The highest BCUT2D eigenvalue weighted by molar-refractivity contribution is 5.96. The maximum atomic E-state index is 12.6. The highest BCUT2D eigenvalue weighted by atomic mass is 16.5. The van der Waals surface area contributed by atoms with Gasteiger partial charge >= 0.3 is 0 Å². The first-order valence-electron chi connectivity index (χ1n) is 7.08. The van der Waals surface area contributed by atoms with E-state index in [-0.39, 0.29) is 11.8 Å². The van der Waals surface area contributed by atoms with Gasteiger partial charge in [-0.3, -0.25) is 4.79 Å². The van der Waals surface area contributed by atoms with Crippen LogP contribution in [0, 0.1) is 20.8 Å². The van der Waals surface area contributed by atoms with E-state index in [0.29, 0.717) is 30.1 Å². The summed E-state index contributed by atoms with van der Waals surface area (Å²) in [6.07, 6.45) is 2.66. The Morgan fingerprint density at radius 1 is 1.38 bits per heavy atom. The van der Waals surface area contributed by atoms with Crippen molar-refractivity contribution in [2.45, 2.75) is 33.1 Å². The maximum Gasteiger partial charge on any atom is 0.259 e. The monoisotopic (exact) mass is 286 g/mol. The van der Waals surface area contributed by atoms with Gasteiger partial charge in [-0.15, -0.1) is 0 Å². The van der Waals surface area contributed by atoms with Crippen LogP contribution in [-0.4, -0.2) is 39.0 Å². The molecule has 6 heteroatoms. The van der Waals surface area contributed by atoms with Crippen molar-refractivity contribution in [2.75, 3.05) is 13.1 Å². The molecule has 1 saturated heterocycles. The van der Waals surface area contributed by atoms with Gasteiger partial charge in [0.15, 0.2) is 0 Å². The molecule has 1 aliphatic rings. The van der Waals surface area contributed by atoms with Crippen LogP contribution in [0.15, 0.2) is 16.8 Å². The predicted molar refractivity (Wildman–Crippen MR) is 76.0 cm³/mol. The van der Waals surface area contributed by atoms with Crippen molar-refractivity contribution in [1.29, 1.82) is 0 Å². The highest BCUT2D eigenvalue weighted by Gasteiger charge is 2.32. The van der Waals surface area contributed by atoms with Crippen LogP contribution in [0.3, 0.4) is 0 Å². The SMILES string of the molecule is Cc1ccnc(C2CCN(C(=O)c3c(C)noc3C)C2)n1. The van der Waals surface area contributed by atoms with Crippen LogP contribution in [0.2, 0.25) is 0 Å². The second-order valence-electron chi connectivity index (χ2n) is 5.49. The van der Waals surface area contributed by atoms with E-state index in [1.54, 1.807) is 20.0 Å². The van der Waals surface area contributed by atoms with E-state index in [0.717, 1.165) is 17.9 Å². The van der Waals surface area contributed by atoms with Gasteiger partial charge in [-0.1, -0.05) is 5.16 Å². The summed E-state index contributed by atoms with van der Waals surface area (Å²) in [4.78, 5) is 23.2. The summed E-state index contributed by atoms with van der Waals surface area (Å²) in [6, 6.07) is 1.88. The molecule has 110 valence electrons. The van der Waals surface area contributed by atoms with Crippen molar-refractivity contribution in [2.24, 2.45) is 0 Å². The van der Waals surface area contributed by atoms with Crippen molar-refractivity contribution in [3.63, 3.8) is 0 Å². The number of carbonyl (C=O) groups excluding carboxylic acids is 1. The fourth-order valence-corrected chi connectivity index (χ4v) is 2.77. The van der Waals surface area contributed by atoms with Gasteiger partial charge < -0.3 is 9.42 Å².